The van der Waals surface area contributed by atoms with Gasteiger partial charge in [0.05, 0.1) is 5.56 Å². The molecular formula is C27H28O4. The molecule has 2 fully saturated rings. The van der Waals surface area contributed by atoms with Crippen LogP contribution in [0.3, 0.4) is 0 Å². The summed E-state index contributed by atoms with van der Waals surface area (Å²) in [7, 11) is 0. The number of terminal acetylenes is 1. The smallest absolute Gasteiger partial charge is 0.343 e. The monoisotopic (exact) mass is 416 g/mol. The summed E-state index contributed by atoms with van der Waals surface area (Å²) in [5, 5.41) is 21.4. The predicted octanol–water partition coefficient (Wildman–Crippen LogP) is 4.83. The molecule has 2 saturated carbocycles. The van der Waals surface area contributed by atoms with Gasteiger partial charge in [-0.3, -0.25) is 0 Å². The van der Waals surface area contributed by atoms with Crippen molar-refractivity contribution in [2.75, 3.05) is 0 Å². The first kappa shape index (κ1) is 20.2. The van der Waals surface area contributed by atoms with E-state index >= 15 is 0 Å². The van der Waals surface area contributed by atoms with Gasteiger partial charge in [-0.1, -0.05) is 31.0 Å². The minimum absolute atomic E-state index is 0.122. The predicted molar refractivity (Wildman–Crippen MR) is 118 cm³/mol. The molecule has 1 unspecified atom stereocenters. The molecule has 4 nitrogen and oxygen atoms in total. The summed E-state index contributed by atoms with van der Waals surface area (Å²) < 4.78 is 5.85. The van der Waals surface area contributed by atoms with Crippen LogP contribution in [0.5, 0.6) is 11.5 Å². The molecule has 0 bridgehead atoms. The first-order valence-electron chi connectivity index (χ1n) is 11.2. The maximum Gasteiger partial charge on any atom is 0.343 e. The van der Waals surface area contributed by atoms with Crippen molar-refractivity contribution in [3.8, 4) is 23.8 Å². The third-order valence-corrected chi connectivity index (χ3v) is 8.37. The summed E-state index contributed by atoms with van der Waals surface area (Å²) in [6, 6.07) is 12.3. The van der Waals surface area contributed by atoms with Crippen LogP contribution in [0, 0.1) is 29.6 Å². The zero-order valence-corrected chi connectivity index (χ0v) is 17.8. The number of ether oxygens (including phenoxy) is 1. The first-order valence-corrected chi connectivity index (χ1v) is 11.2. The minimum atomic E-state index is -1.04. The molecule has 0 saturated heterocycles. The summed E-state index contributed by atoms with van der Waals surface area (Å²) in [5.74, 6) is 3.84. The minimum Gasteiger partial charge on any atom is -0.508 e. The van der Waals surface area contributed by atoms with Crippen LogP contribution in [0.25, 0.3) is 0 Å². The number of fused-ring (bicyclic) bond motifs is 5. The van der Waals surface area contributed by atoms with E-state index in [2.05, 4.69) is 12.8 Å². The number of carbonyl (C=O) groups is 1. The van der Waals surface area contributed by atoms with Gasteiger partial charge in [-0.05, 0) is 80.0 Å². The standard InChI is InChI=1S/C27H28O4/c1-3-27(30)14-12-22-20-10-9-18-15-19(28)16-23(24(18)21(20)11-13-26(22,27)2)31-25(29)17-7-5-4-6-8-17/h1,4-8,15-16,20-22,28,30H,9-14H2,2H3/t20-,21+,22+,26?,27+/m1/s1. The second-order valence-electron chi connectivity index (χ2n) is 9.69. The highest BCUT2D eigenvalue weighted by molar-refractivity contribution is 5.91. The zero-order valence-electron chi connectivity index (χ0n) is 17.8. The van der Waals surface area contributed by atoms with Gasteiger partial charge in [0.2, 0.25) is 0 Å². The lowest BCUT2D eigenvalue weighted by Gasteiger charge is -2.52. The van der Waals surface area contributed by atoms with E-state index in [9.17, 15) is 15.0 Å². The molecule has 31 heavy (non-hydrogen) atoms. The first-order chi connectivity index (χ1) is 14.9. The van der Waals surface area contributed by atoms with Crippen molar-refractivity contribution in [3.05, 3.63) is 59.2 Å². The molecule has 2 aromatic carbocycles. The molecule has 2 aromatic rings. The Morgan fingerprint density at radius 1 is 1.16 bits per heavy atom. The van der Waals surface area contributed by atoms with Gasteiger partial charge in [-0.2, -0.15) is 0 Å². The largest absolute Gasteiger partial charge is 0.508 e. The highest BCUT2D eigenvalue weighted by Crippen LogP contribution is 2.65. The van der Waals surface area contributed by atoms with Crippen molar-refractivity contribution in [2.24, 2.45) is 17.3 Å². The normalized spacial score (nSPS) is 33.5. The summed E-state index contributed by atoms with van der Waals surface area (Å²) in [4.78, 5) is 12.8. The number of hydrogen-bond donors (Lipinski definition) is 2. The van der Waals surface area contributed by atoms with E-state index < -0.39 is 11.6 Å². The van der Waals surface area contributed by atoms with E-state index in [1.165, 1.54) is 0 Å². The molecule has 0 aromatic heterocycles. The van der Waals surface area contributed by atoms with Crippen LogP contribution >= 0.6 is 0 Å². The van der Waals surface area contributed by atoms with Crippen molar-refractivity contribution in [1.29, 1.82) is 0 Å². The number of aromatic hydroxyl groups is 1. The van der Waals surface area contributed by atoms with Crippen molar-refractivity contribution in [3.63, 3.8) is 0 Å². The van der Waals surface area contributed by atoms with E-state index in [4.69, 9.17) is 11.2 Å². The van der Waals surface area contributed by atoms with E-state index in [0.29, 0.717) is 29.6 Å². The molecule has 0 amide bonds. The van der Waals surface area contributed by atoms with Gasteiger partial charge in [0, 0.05) is 17.0 Å². The van der Waals surface area contributed by atoms with Crippen LogP contribution in [0.1, 0.15) is 66.4 Å². The number of carbonyl (C=O) groups excluding carboxylic acids is 1. The lowest BCUT2D eigenvalue weighted by Crippen LogP contribution is -2.50. The van der Waals surface area contributed by atoms with Crippen molar-refractivity contribution in [2.45, 2.75) is 57.0 Å². The fraction of sp³-hybridized carbons (Fsp3) is 0.444. The zero-order chi connectivity index (χ0) is 21.8. The van der Waals surface area contributed by atoms with Crippen molar-refractivity contribution in [1.82, 2.24) is 0 Å². The molecule has 0 spiro atoms. The van der Waals surface area contributed by atoms with E-state index in [-0.39, 0.29) is 17.1 Å². The Balaban J connectivity index is 1.51. The fourth-order valence-electron chi connectivity index (χ4n) is 6.74. The summed E-state index contributed by atoms with van der Waals surface area (Å²) in [5.41, 5.74) is 1.28. The molecule has 2 N–H and O–H groups in total. The van der Waals surface area contributed by atoms with Gasteiger partial charge in [0.1, 0.15) is 17.1 Å². The number of aliphatic hydroxyl groups is 1. The number of esters is 1. The third kappa shape index (κ3) is 2.98. The number of benzene rings is 2. The van der Waals surface area contributed by atoms with E-state index in [1.807, 2.05) is 12.1 Å². The molecule has 5 rings (SSSR count). The average Bonchev–Trinajstić information content (AvgIpc) is 3.05. The highest BCUT2D eigenvalue weighted by atomic mass is 16.5. The second-order valence-corrected chi connectivity index (χ2v) is 9.69. The molecule has 3 aliphatic carbocycles. The second kappa shape index (κ2) is 7.14. The molecule has 0 radical (unpaired) electrons. The van der Waals surface area contributed by atoms with Gasteiger partial charge in [0.25, 0.3) is 0 Å². The van der Waals surface area contributed by atoms with E-state index in [1.54, 1.807) is 30.3 Å². The van der Waals surface area contributed by atoms with Crippen LogP contribution in [0.15, 0.2) is 42.5 Å². The number of phenolic OH excluding ortho intramolecular Hbond substituents is 1. The Hall–Kier alpha value is -2.77. The summed E-state index contributed by atoms with van der Waals surface area (Å²) in [6.45, 7) is 2.16. The number of phenols is 1. The van der Waals surface area contributed by atoms with Crippen molar-refractivity contribution < 1.29 is 19.7 Å². The molecule has 0 aliphatic heterocycles. The van der Waals surface area contributed by atoms with Gasteiger partial charge in [-0.15, -0.1) is 6.42 Å². The van der Waals surface area contributed by atoms with Crippen molar-refractivity contribution >= 4 is 5.97 Å². The Bertz CT molecular complexity index is 1070. The molecule has 3 aliphatic rings. The highest BCUT2D eigenvalue weighted by Gasteiger charge is 2.61. The van der Waals surface area contributed by atoms with Crippen LogP contribution in [0.2, 0.25) is 0 Å². The van der Waals surface area contributed by atoms with Gasteiger partial charge >= 0.3 is 5.97 Å². The fourth-order valence-corrected chi connectivity index (χ4v) is 6.74. The van der Waals surface area contributed by atoms with Gasteiger partial charge in [0.15, 0.2) is 0 Å². The summed E-state index contributed by atoms with van der Waals surface area (Å²) >= 11 is 0. The Kier molecular flexibility index (Phi) is 4.64. The van der Waals surface area contributed by atoms with Crippen LogP contribution in [-0.2, 0) is 6.42 Å². The lowest BCUT2D eigenvalue weighted by molar-refractivity contribution is -0.0648. The third-order valence-electron chi connectivity index (χ3n) is 8.37. The van der Waals surface area contributed by atoms with Gasteiger partial charge in [-0.25, -0.2) is 4.79 Å². The van der Waals surface area contributed by atoms with Crippen LogP contribution in [-0.4, -0.2) is 21.8 Å². The molecular weight excluding hydrogens is 388 g/mol. The maximum atomic E-state index is 12.8. The van der Waals surface area contributed by atoms with Gasteiger partial charge < -0.3 is 14.9 Å². The molecule has 160 valence electrons. The molecule has 4 heteroatoms. The average molecular weight is 417 g/mol. The topological polar surface area (TPSA) is 66.8 Å². The number of hydrogen-bond acceptors (Lipinski definition) is 4. The maximum absolute atomic E-state index is 12.8. The Morgan fingerprint density at radius 3 is 2.68 bits per heavy atom. The quantitative estimate of drug-likeness (QED) is 0.418. The molecule has 0 heterocycles. The van der Waals surface area contributed by atoms with E-state index in [0.717, 1.165) is 43.2 Å². The Morgan fingerprint density at radius 2 is 1.94 bits per heavy atom. The van der Waals surface area contributed by atoms with Crippen LogP contribution < -0.4 is 4.74 Å². The summed E-state index contributed by atoms with van der Waals surface area (Å²) in [6.07, 6.45) is 10.9. The Labute approximate surface area is 183 Å². The molecule has 5 atom stereocenters. The number of rotatable bonds is 2. The SMILES string of the molecule is C#C[C@]1(O)CC[C@H]2[C@@H]3CCc4cc(O)cc(OC(=O)c5ccccc5)c4[C@H]3CCC21C. The number of aryl methyl sites for hydroxylation is 1. The van der Waals surface area contributed by atoms with Crippen LogP contribution in [0.4, 0.5) is 0 Å². The lowest BCUT2D eigenvalue weighted by atomic mass is 9.53.